The van der Waals surface area contributed by atoms with Crippen molar-refractivity contribution in [3.63, 3.8) is 0 Å². The van der Waals surface area contributed by atoms with Gasteiger partial charge in [0.25, 0.3) is 11.7 Å². The molecule has 0 aliphatic carbocycles. The van der Waals surface area contributed by atoms with Gasteiger partial charge in [0.15, 0.2) is 18.1 Å². The highest BCUT2D eigenvalue weighted by Gasteiger charge is 2.15. The molecule has 150 valence electrons. The first-order valence-electron chi connectivity index (χ1n) is 8.26. The zero-order valence-corrected chi connectivity index (χ0v) is 16.1. The van der Waals surface area contributed by atoms with Crippen LogP contribution in [0, 0.1) is 0 Å². The highest BCUT2D eigenvalue weighted by Crippen LogP contribution is 2.31. The van der Waals surface area contributed by atoms with Crippen LogP contribution < -0.4 is 14.8 Å². The van der Waals surface area contributed by atoms with E-state index in [0.717, 1.165) is 0 Å². The summed E-state index contributed by atoms with van der Waals surface area (Å²) in [5, 5.41) is 2.46. The molecule has 0 aliphatic heterocycles. The fourth-order valence-electron chi connectivity index (χ4n) is 2.24. The van der Waals surface area contributed by atoms with Gasteiger partial charge < -0.3 is 19.5 Å². The van der Waals surface area contributed by atoms with E-state index in [4.69, 9.17) is 14.2 Å². The number of ether oxygens (including phenoxy) is 3. The lowest BCUT2D eigenvalue weighted by molar-refractivity contribution is -0.119. The SMILES string of the molecule is CCOc1cc(C(=O)OCC(=O)Nc2ccccc2SC(F)F)ccc1OC. The number of nitrogens with one attached hydrogen (secondary N) is 1. The lowest BCUT2D eigenvalue weighted by atomic mass is 10.2. The zero-order valence-electron chi connectivity index (χ0n) is 15.2. The largest absolute Gasteiger partial charge is 0.493 e. The predicted molar refractivity (Wildman–Crippen MR) is 101 cm³/mol. The minimum absolute atomic E-state index is 0.186. The topological polar surface area (TPSA) is 73.9 Å². The number of methoxy groups -OCH3 is 1. The second-order valence-corrected chi connectivity index (χ2v) is 6.33. The molecule has 0 unspecified atom stereocenters. The molecule has 0 atom stereocenters. The number of thioether (sulfide) groups is 1. The van der Waals surface area contributed by atoms with E-state index in [2.05, 4.69) is 5.32 Å². The van der Waals surface area contributed by atoms with Crippen LogP contribution in [0.5, 0.6) is 11.5 Å². The second-order valence-electron chi connectivity index (χ2n) is 5.30. The Bertz CT molecular complexity index is 832. The molecule has 0 radical (unpaired) electrons. The summed E-state index contributed by atoms with van der Waals surface area (Å²) in [5.74, 6) is -3.15. The number of hydrogen-bond donors (Lipinski definition) is 1. The summed E-state index contributed by atoms with van der Waals surface area (Å²) < 4.78 is 40.7. The van der Waals surface area contributed by atoms with Crippen molar-refractivity contribution in [2.75, 3.05) is 25.6 Å². The molecule has 9 heteroatoms. The molecule has 1 amide bonds. The van der Waals surface area contributed by atoms with E-state index in [-0.39, 0.29) is 16.1 Å². The Morgan fingerprint density at radius 3 is 2.57 bits per heavy atom. The van der Waals surface area contributed by atoms with E-state index < -0.39 is 24.2 Å². The van der Waals surface area contributed by atoms with Gasteiger partial charge >= 0.3 is 5.97 Å². The molecule has 0 saturated heterocycles. The maximum atomic E-state index is 12.6. The number of rotatable bonds is 9. The van der Waals surface area contributed by atoms with Gasteiger partial charge in [0.05, 0.1) is 25.0 Å². The summed E-state index contributed by atoms with van der Waals surface area (Å²) in [6, 6.07) is 10.6. The Labute approximate surface area is 165 Å². The van der Waals surface area contributed by atoms with Crippen LogP contribution in [-0.4, -0.2) is 38.0 Å². The van der Waals surface area contributed by atoms with Gasteiger partial charge in [-0.1, -0.05) is 23.9 Å². The van der Waals surface area contributed by atoms with E-state index in [1.54, 1.807) is 25.1 Å². The van der Waals surface area contributed by atoms with Crippen LogP contribution >= 0.6 is 11.8 Å². The van der Waals surface area contributed by atoms with Gasteiger partial charge in [-0.25, -0.2) is 4.79 Å². The van der Waals surface area contributed by atoms with Gasteiger partial charge in [0.2, 0.25) is 0 Å². The minimum Gasteiger partial charge on any atom is -0.493 e. The first-order chi connectivity index (χ1) is 13.4. The number of halogens is 2. The molecule has 2 aromatic carbocycles. The van der Waals surface area contributed by atoms with Crippen molar-refractivity contribution in [1.82, 2.24) is 0 Å². The Hall–Kier alpha value is -2.81. The lowest BCUT2D eigenvalue weighted by Crippen LogP contribution is -2.21. The fourth-order valence-corrected chi connectivity index (χ4v) is 2.84. The van der Waals surface area contributed by atoms with Crippen LogP contribution in [0.15, 0.2) is 47.4 Å². The molecule has 1 N–H and O–H groups in total. The Morgan fingerprint density at radius 2 is 1.89 bits per heavy atom. The van der Waals surface area contributed by atoms with Gasteiger partial charge in [-0.15, -0.1) is 0 Å². The summed E-state index contributed by atoms with van der Waals surface area (Å²) in [4.78, 5) is 24.4. The molecule has 0 aromatic heterocycles. The standard InChI is InChI=1S/C19H19F2NO5S/c1-3-26-15-10-12(8-9-14(15)25-2)18(24)27-11-17(23)22-13-6-4-5-7-16(13)28-19(20)21/h4-10,19H,3,11H2,1-2H3,(H,22,23). The van der Waals surface area contributed by atoms with Gasteiger partial charge in [0, 0.05) is 4.90 Å². The number of alkyl halides is 2. The smallest absolute Gasteiger partial charge is 0.338 e. The Kier molecular flexibility index (Phi) is 8.06. The number of carbonyl (C=O) groups excluding carboxylic acids is 2. The first-order valence-corrected chi connectivity index (χ1v) is 9.14. The number of hydrogen-bond acceptors (Lipinski definition) is 6. The van der Waals surface area contributed by atoms with Crippen LogP contribution in [0.4, 0.5) is 14.5 Å². The van der Waals surface area contributed by atoms with E-state index in [0.29, 0.717) is 29.9 Å². The molecule has 0 spiro atoms. The van der Waals surface area contributed by atoms with Crippen LogP contribution in [-0.2, 0) is 9.53 Å². The first kappa shape index (κ1) is 21.5. The van der Waals surface area contributed by atoms with Gasteiger partial charge in [-0.3, -0.25) is 4.79 Å². The summed E-state index contributed by atoms with van der Waals surface area (Å²) >= 11 is 0.316. The van der Waals surface area contributed by atoms with Crippen LogP contribution in [0.3, 0.4) is 0 Å². The average molecular weight is 411 g/mol. The zero-order chi connectivity index (χ0) is 20.5. The third kappa shape index (κ3) is 6.12. The van der Waals surface area contributed by atoms with Gasteiger partial charge in [0.1, 0.15) is 0 Å². The van der Waals surface area contributed by atoms with E-state index in [1.165, 1.54) is 31.4 Å². The molecular weight excluding hydrogens is 392 g/mol. The second kappa shape index (κ2) is 10.5. The summed E-state index contributed by atoms with van der Waals surface area (Å²) in [6.45, 7) is 1.61. The molecule has 0 bridgehead atoms. The van der Waals surface area contributed by atoms with Gasteiger partial charge in [-0.2, -0.15) is 8.78 Å². The van der Waals surface area contributed by atoms with Crippen molar-refractivity contribution < 1.29 is 32.6 Å². The summed E-state index contributed by atoms with van der Waals surface area (Å²) in [6.07, 6.45) is 0. The van der Waals surface area contributed by atoms with Crippen molar-refractivity contribution in [3.8, 4) is 11.5 Å². The quantitative estimate of drug-likeness (QED) is 0.492. The maximum absolute atomic E-state index is 12.6. The predicted octanol–water partition coefficient (Wildman–Crippen LogP) is 4.20. The van der Waals surface area contributed by atoms with Gasteiger partial charge in [-0.05, 0) is 37.3 Å². The van der Waals surface area contributed by atoms with Crippen molar-refractivity contribution in [2.24, 2.45) is 0 Å². The third-order valence-corrected chi connectivity index (χ3v) is 4.20. The molecule has 0 aliphatic rings. The molecule has 0 fully saturated rings. The molecular formula is C19H19F2NO5S. The maximum Gasteiger partial charge on any atom is 0.338 e. The molecule has 0 saturated carbocycles. The van der Waals surface area contributed by atoms with E-state index in [1.807, 2.05) is 0 Å². The normalized spacial score (nSPS) is 10.5. The van der Waals surface area contributed by atoms with Crippen molar-refractivity contribution in [1.29, 1.82) is 0 Å². The third-order valence-electron chi connectivity index (χ3n) is 3.41. The highest BCUT2D eigenvalue weighted by molar-refractivity contribution is 7.99. The number of benzene rings is 2. The van der Waals surface area contributed by atoms with Crippen LogP contribution in [0.25, 0.3) is 0 Å². The number of para-hydroxylation sites is 1. The summed E-state index contributed by atoms with van der Waals surface area (Å²) in [5.41, 5.74) is 0.405. The summed E-state index contributed by atoms with van der Waals surface area (Å²) in [7, 11) is 1.48. The number of carbonyl (C=O) groups is 2. The van der Waals surface area contributed by atoms with Crippen molar-refractivity contribution in [2.45, 2.75) is 17.6 Å². The number of amides is 1. The van der Waals surface area contributed by atoms with Crippen molar-refractivity contribution >= 4 is 29.3 Å². The Morgan fingerprint density at radius 1 is 1.14 bits per heavy atom. The van der Waals surface area contributed by atoms with Crippen molar-refractivity contribution in [3.05, 3.63) is 48.0 Å². The van der Waals surface area contributed by atoms with Crippen LogP contribution in [0.2, 0.25) is 0 Å². The number of esters is 1. The molecule has 2 rings (SSSR count). The molecule has 2 aromatic rings. The average Bonchev–Trinajstić information content (AvgIpc) is 2.67. The van der Waals surface area contributed by atoms with E-state index in [9.17, 15) is 18.4 Å². The molecule has 28 heavy (non-hydrogen) atoms. The highest BCUT2D eigenvalue weighted by atomic mass is 32.2. The fraction of sp³-hybridized carbons (Fsp3) is 0.263. The van der Waals surface area contributed by atoms with Crippen LogP contribution in [0.1, 0.15) is 17.3 Å². The lowest BCUT2D eigenvalue weighted by Gasteiger charge is -2.12. The monoisotopic (exact) mass is 411 g/mol. The number of anilines is 1. The van der Waals surface area contributed by atoms with E-state index >= 15 is 0 Å². The minimum atomic E-state index is -2.62. The Balaban J connectivity index is 1.98. The molecule has 6 nitrogen and oxygen atoms in total. The molecule has 0 heterocycles.